The van der Waals surface area contributed by atoms with E-state index < -0.39 is 0 Å². The zero-order valence-electron chi connectivity index (χ0n) is 14.7. The van der Waals surface area contributed by atoms with Gasteiger partial charge in [0.2, 0.25) is 0 Å². The number of para-hydroxylation sites is 1. The third-order valence-corrected chi connectivity index (χ3v) is 5.13. The highest BCUT2D eigenvalue weighted by Crippen LogP contribution is 2.38. The highest BCUT2D eigenvalue weighted by atomic mass is 16.5. The second kappa shape index (κ2) is 6.73. The molecule has 2 atom stereocenters. The summed E-state index contributed by atoms with van der Waals surface area (Å²) >= 11 is 0. The Morgan fingerprint density at radius 1 is 0.800 bits per heavy atom. The van der Waals surface area contributed by atoms with E-state index in [0.717, 1.165) is 12.3 Å². The van der Waals surface area contributed by atoms with E-state index in [1.54, 1.807) is 0 Å². The molecular weight excluding hydrogens is 306 g/mol. The van der Waals surface area contributed by atoms with Gasteiger partial charge in [0.15, 0.2) is 0 Å². The van der Waals surface area contributed by atoms with Gasteiger partial charge in [-0.2, -0.15) is 0 Å². The van der Waals surface area contributed by atoms with Gasteiger partial charge in [-0.05, 0) is 36.7 Å². The Morgan fingerprint density at radius 2 is 1.44 bits per heavy atom. The fourth-order valence-corrected chi connectivity index (χ4v) is 3.58. The van der Waals surface area contributed by atoms with Crippen LogP contribution in [-0.2, 0) is 6.54 Å². The molecule has 4 rings (SSSR count). The zero-order valence-corrected chi connectivity index (χ0v) is 14.7. The maximum atomic E-state index is 6.60. The average Bonchev–Trinajstić information content (AvgIpc) is 2.70. The minimum atomic E-state index is -0.0123. The number of fused-ring (bicyclic) bond motifs is 3. The quantitative estimate of drug-likeness (QED) is 0.600. The van der Waals surface area contributed by atoms with Gasteiger partial charge < -0.3 is 4.74 Å². The first-order valence-electron chi connectivity index (χ1n) is 8.83. The lowest BCUT2D eigenvalue weighted by Gasteiger charge is -2.32. The second-order valence-electron chi connectivity index (χ2n) is 6.76. The van der Waals surface area contributed by atoms with Crippen LogP contribution in [0.4, 0.5) is 0 Å². The van der Waals surface area contributed by atoms with Crippen LogP contribution in [0.2, 0.25) is 0 Å². The van der Waals surface area contributed by atoms with E-state index in [1.165, 1.54) is 22.3 Å². The van der Waals surface area contributed by atoms with Gasteiger partial charge in [0.05, 0.1) is 0 Å². The van der Waals surface area contributed by atoms with Gasteiger partial charge in [-0.25, -0.2) is 0 Å². The molecule has 3 aromatic carbocycles. The highest BCUT2D eigenvalue weighted by molar-refractivity contribution is 5.73. The summed E-state index contributed by atoms with van der Waals surface area (Å²) in [5.41, 5.74) is 4.97. The van der Waals surface area contributed by atoms with Crippen LogP contribution >= 0.6 is 0 Å². The Labute approximate surface area is 149 Å². The fourth-order valence-electron chi connectivity index (χ4n) is 3.58. The smallest absolute Gasteiger partial charge is 0.139 e. The van der Waals surface area contributed by atoms with Crippen molar-refractivity contribution in [2.45, 2.75) is 25.6 Å². The third-order valence-electron chi connectivity index (χ3n) is 5.13. The molecule has 0 amide bonds. The van der Waals surface area contributed by atoms with Gasteiger partial charge in [0.25, 0.3) is 0 Å². The predicted molar refractivity (Wildman–Crippen MR) is 103 cm³/mol. The van der Waals surface area contributed by atoms with Crippen molar-refractivity contribution in [2.75, 3.05) is 7.05 Å². The van der Waals surface area contributed by atoms with E-state index in [1.807, 2.05) is 0 Å². The maximum absolute atomic E-state index is 6.60. The largest absolute Gasteiger partial charge is 0.483 e. The van der Waals surface area contributed by atoms with E-state index in [4.69, 9.17) is 4.74 Å². The lowest BCUT2D eigenvalue weighted by Crippen LogP contribution is -2.36. The Hall–Kier alpha value is -2.58. The van der Waals surface area contributed by atoms with Gasteiger partial charge in [-0.1, -0.05) is 72.8 Å². The summed E-state index contributed by atoms with van der Waals surface area (Å²) in [5.74, 6) is 0.950. The molecule has 2 heteroatoms. The van der Waals surface area contributed by atoms with Crippen LogP contribution in [0.25, 0.3) is 11.1 Å². The molecule has 0 aliphatic carbocycles. The minimum Gasteiger partial charge on any atom is -0.483 e. The van der Waals surface area contributed by atoms with Crippen molar-refractivity contribution in [1.82, 2.24) is 4.90 Å². The molecule has 0 spiro atoms. The number of likely N-dealkylation sites (N-methyl/N-ethyl adjacent to an activating group) is 1. The number of hydrogen-bond donors (Lipinski definition) is 0. The summed E-state index contributed by atoms with van der Waals surface area (Å²) in [5, 5.41) is 0. The van der Waals surface area contributed by atoms with Gasteiger partial charge in [-0.3, -0.25) is 4.90 Å². The predicted octanol–water partition coefficient (Wildman–Crippen LogP) is 5.31. The van der Waals surface area contributed by atoms with Crippen LogP contribution < -0.4 is 4.74 Å². The Kier molecular flexibility index (Phi) is 4.29. The first-order chi connectivity index (χ1) is 12.2. The van der Waals surface area contributed by atoms with Crippen LogP contribution in [0, 0.1) is 0 Å². The fraction of sp³-hybridized carbons (Fsp3) is 0.217. The molecule has 1 aliphatic heterocycles. The van der Waals surface area contributed by atoms with Gasteiger partial charge in [-0.15, -0.1) is 0 Å². The van der Waals surface area contributed by atoms with Crippen LogP contribution in [0.5, 0.6) is 5.75 Å². The maximum Gasteiger partial charge on any atom is 0.139 e. The first kappa shape index (κ1) is 15.9. The van der Waals surface area contributed by atoms with Gasteiger partial charge >= 0.3 is 0 Å². The van der Waals surface area contributed by atoms with Crippen LogP contribution in [0.3, 0.4) is 0 Å². The Bertz CT molecular complexity index is 859. The van der Waals surface area contributed by atoms with Crippen molar-refractivity contribution in [1.29, 1.82) is 0 Å². The molecule has 0 unspecified atom stereocenters. The molecule has 1 aliphatic rings. The van der Waals surface area contributed by atoms with E-state index in [9.17, 15) is 0 Å². The van der Waals surface area contributed by atoms with Crippen LogP contribution in [0.1, 0.15) is 24.2 Å². The summed E-state index contributed by atoms with van der Waals surface area (Å²) < 4.78 is 6.60. The molecule has 1 heterocycles. The summed E-state index contributed by atoms with van der Waals surface area (Å²) in [6.45, 7) is 3.15. The molecule has 25 heavy (non-hydrogen) atoms. The summed E-state index contributed by atoms with van der Waals surface area (Å²) in [7, 11) is 2.18. The number of nitrogens with zero attached hydrogens (tertiary/aromatic N) is 1. The third kappa shape index (κ3) is 3.06. The van der Waals surface area contributed by atoms with E-state index in [2.05, 4.69) is 97.7 Å². The monoisotopic (exact) mass is 329 g/mol. The molecule has 0 radical (unpaired) electrons. The minimum absolute atomic E-state index is 0.0123. The molecule has 3 aromatic rings. The summed E-state index contributed by atoms with van der Waals surface area (Å²) in [6.07, 6.45) is -0.0123. The van der Waals surface area contributed by atoms with E-state index in [-0.39, 0.29) is 12.1 Å². The SMILES string of the molecule is C[C@@H]1[C@H](c2ccccc2)Oc2ccccc2-c2ccccc2CN1C. The van der Waals surface area contributed by atoms with Crippen LogP contribution in [-0.4, -0.2) is 18.0 Å². The van der Waals surface area contributed by atoms with E-state index in [0.29, 0.717) is 0 Å². The summed E-state index contributed by atoms with van der Waals surface area (Å²) in [4.78, 5) is 2.38. The van der Waals surface area contributed by atoms with Crippen LogP contribution in [0.15, 0.2) is 78.9 Å². The van der Waals surface area contributed by atoms with Crippen molar-refractivity contribution in [3.05, 3.63) is 90.0 Å². The summed E-state index contributed by atoms with van der Waals surface area (Å²) in [6, 6.07) is 27.8. The van der Waals surface area contributed by atoms with Crippen molar-refractivity contribution in [2.24, 2.45) is 0 Å². The number of ether oxygens (including phenoxy) is 1. The molecule has 2 nitrogen and oxygen atoms in total. The second-order valence-corrected chi connectivity index (χ2v) is 6.76. The van der Waals surface area contributed by atoms with E-state index >= 15 is 0 Å². The molecule has 0 N–H and O–H groups in total. The Balaban J connectivity index is 1.87. The lowest BCUT2D eigenvalue weighted by atomic mass is 9.98. The van der Waals surface area contributed by atoms with Crippen molar-refractivity contribution in [3.8, 4) is 16.9 Å². The number of hydrogen-bond acceptors (Lipinski definition) is 2. The first-order valence-corrected chi connectivity index (χ1v) is 8.83. The molecule has 0 aromatic heterocycles. The topological polar surface area (TPSA) is 12.5 Å². The normalized spacial score (nSPS) is 20.4. The average molecular weight is 329 g/mol. The lowest BCUT2D eigenvalue weighted by molar-refractivity contribution is 0.0899. The van der Waals surface area contributed by atoms with Crippen molar-refractivity contribution in [3.63, 3.8) is 0 Å². The number of rotatable bonds is 1. The van der Waals surface area contributed by atoms with Gasteiger partial charge in [0.1, 0.15) is 11.9 Å². The molecule has 0 fully saturated rings. The number of benzene rings is 3. The molecule has 0 bridgehead atoms. The standard InChI is InChI=1S/C23H23NO/c1-17-23(18-10-4-3-5-11-18)25-22-15-9-8-14-21(22)20-13-7-6-12-19(20)16-24(17)2/h3-15,17,23H,16H2,1-2H3/t17-,23-/m1/s1. The van der Waals surface area contributed by atoms with Gasteiger partial charge in [0, 0.05) is 18.2 Å². The highest BCUT2D eigenvalue weighted by Gasteiger charge is 2.28. The Morgan fingerprint density at radius 3 is 2.24 bits per heavy atom. The van der Waals surface area contributed by atoms with Crippen molar-refractivity contribution >= 4 is 0 Å². The van der Waals surface area contributed by atoms with Crippen molar-refractivity contribution < 1.29 is 4.74 Å². The molecule has 0 saturated heterocycles. The zero-order chi connectivity index (χ0) is 17.2. The molecular formula is C23H23NO. The molecule has 126 valence electrons. The molecule has 0 saturated carbocycles.